The molecule has 0 spiro atoms. The minimum absolute atomic E-state index is 0.0316. The molecule has 0 atom stereocenters. The van der Waals surface area contributed by atoms with Gasteiger partial charge in [0.25, 0.3) is 5.69 Å². The van der Waals surface area contributed by atoms with Gasteiger partial charge in [0.15, 0.2) is 0 Å². The number of rotatable bonds is 9. The Bertz CT molecular complexity index is 919. The van der Waals surface area contributed by atoms with Gasteiger partial charge in [-0.15, -0.1) is 0 Å². The monoisotopic (exact) mass is 433 g/mol. The highest BCUT2D eigenvalue weighted by Gasteiger charge is 2.11. The van der Waals surface area contributed by atoms with Gasteiger partial charge in [0, 0.05) is 6.07 Å². The molecule has 2 aromatic rings. The second kappa shape index (κ2) is 12.8. The van der Waals surface area contributed by atoms with Crippen LogP contribution in [-0.2, 0) is 16.0 Å². The quantitative estimate of drug-likeness (QED) is 0.200. The molecule has 31 heavy (non-hydrogen) atoms. The summed E-state index contributed by atoms with van der Waals surface area (Å²) in [4.78, 5) is 32.3. The number of nitro benzene ring substituents is 1. The highest BCUT2D eigenvalue weighted by atomic mass is 16.6. The van der Waals surface area contributed by atoms with Crippen molar-refractivity contribution in [2.75, 3.05) is 31.5 Å². The molecule has 11 nitrogen and oxygen atoms in total. The van der Waals surface area contributed by atoms with Gasteiger partial charge in [0.1, 0.15) is 17.3 Å². The molecule has 0 unspecified atom stereocenters. The highest BCUT2D eigenvalue weighted by molar-refractivity contribution is 6.04. The first-order valence-electron chi connectivity index (χ1n) is 9.21. The molecular formula is C20H27N5O6. The molecule has 0 bridgehead atoms. The van der Waals surface area contributed by atoms with Crippen LogP contribution < -0.4 is 31.8 Å². The second-order valence-corrected chi connectivity index (χ2v) is 6.29. The molecule has 11 heteroatoms. The summed E-state index contributed by atoms with van der Waals surface area (Å²) in [7, 11) is 2.94. The van der Waals surface area contributed by atoms with E-state index in [9.17, 15) is 19.7 Å². The molecule has 0 aliphatic heterocycles. The number of Topliss-reactive ketones (excluding diaryl/α,β-unsaturated/α-hetero) is 1. The number of nitro groups is 1. The minimum Gasteiger partial charge on any atom is -0.495 e. The molecule has 2 aromatic carbocycles. The average molecular weight is 433 g/mol. The van der Waals surface area contributed by atoms with E-state index in [1.807, 2.05) is 12.1 Å². The van der Waals surface area contributed by atoms with E-state index in [4.69, 9.17) is 21.1 Å². The van der Waals surface area contributed by atoms with Crippen molar-refractivity contribution < 1.29 is 24.0 Å². The number of methoxy groups -OCH3 is 2. The third-order valence-corrected chi connectivity index (χ3v) is 3.93. The lowest BCUT2D eigenvalue weighted by molar-refractivity contribution is -0.384. The predicted octanol–water partition coefficient (Wildman–Crippen LogP) is 2.00. The van der Waals surface area contributed by atoms with E-state index >= 15 is 0 Å². The summed E-state index contributed by atoms with van der Waals surface area (Å²) in [5.74, 6) is 5.54. The van der Waals surface area contributed by atoms with Crippen LogP contribution in [0.4, 0.5) is 17.1 Å². The Balaban J connectivity index is 0.000000327. The standard InChI is InChI=1S/C13H18N2O3.C7H9N3O3/c1-9(16)7-13(17)15-11-8-10(5-6-14)3-4-12(11)18-2;1-13-7-4-5(10(11)12)2-3-6(7)9-8/h3-4,8H,5-7,14H2,1-2H3,(H,15,17);2-4,9H,8H2,1H3. The smallest absolute Gasteiger partial charge is 0.273 e. The van der Waals surface area contributed by atoms with E-state index in [1.165, 1.54) is 39.3 Å². The summed E-state index contributed by atoms with van der Waals surface area (Å²) in [5.41, 5.74) is 9.90. The summed E-state index contributed by atoms with van der Waals surface area (Å²) < 4.78 is 10.0. The van der Waals surface area contributed by atoms with Gasteiger partial charge in [0.2, 0.25) is 5.91 Å². The van der Waals surface area contributed by atoms with Crippen molar-refractivity contribution in [1.82, 2.24) is 0 Å². The number of hydrogen-bond donors (Lipinski definition) is 4. The van der Waals surface area contributed by atoms with Crippen molar-refractivity contribution in [2.24, 2.45) is 11.6 Å². The number of nitrogens with two attached hydrogens (primary N) is 2. The van der Waals surface area contributed by atoms with Gasteiger partial charge in [-0.05, 0) is 43.7 Å². The second-order valence-electron chi connectivity index (χ2n) is 6.29. The van der Waals surface area contributed by atoms with Crippen LogP contribution in [-0.4, -0.2) is 37.4 Å². The minimum atomic E-state index is -0.497. The fraction of sp³-hybridized carbons (Fsp3) is 0.300. The number of carbonyl (C=O) groups excluding carboxylic acids is 2. The Morgan fingerprint density at radius 2 is 1.74 bits per heavy atom. The van der Waals surface area contributed by atoms with Gasteiger partial charge in [-0.1, -0.05) is 6.07 Å². The van der Waals surface area contributed by atoms with Gasteiger partial charge in [-0.2, -0.15) is 0 Å². The summed E-state index contributed by atoms with van der Waals surface area (Å²) in [6.07, 6.45) is 0.587. The Morgan fingerprint density at radius 3 is 2.26 bits per heavy atom. The van der Waals surface area contributed by atoms with E-state index in [-0.39, 0.29) is 23.8 Å². The SMILES string of the molecule is COc1cc([N+](=O)[O-])ccc1NN.COc1ccc(CCN)cc1NC(=O)CC(C)=O. The van der Waals surface area contributed by atoms with Gasteiger partial charge < -0.3 is 25.9 Å². The van der Waals surface area contributed by atoms with Crippen LogP contribution in [0.15, 0.2) is 36.4 Å². The molecule has 0 aliphatic rings. The van der Waals surface area contributed by atoms with Crippen molar-refractivity contribution in [1.29, 1.82) is 0 Å². The number of hydrazine groups is 1. The maximum atomic E-state index is 11.5. The van der Waals surface area contributed by atoms with E-state index < -0.39 is 4.92 Å². The topological polar surface area (TPSA) is 172 Å². The number of ketones is 1. The van der Waals surface area contributed by atoms with Gasteiger partial charge >= 0.3 is 0 Å². The zero-order chi connectivity index (χ0) is 23.4. The number of amides is 1. The normalized spacial score (nSPS) is 9.71. The summed E-state index contributed by atoms with van der Waals surface area (Å²) in [6.45, 7) is 1.91. The Kier molecular flexibility index (Phi) is 10.4. The summed E-state index contributed by atoms with van der Waals surface area (Å²) >= 11 is 0. The number of nitrogen functional groups attached to an aromatic ring is 1. The lowest BCUT2D eigenvalue weighted by Crippen LogP contribution is -2.15. The van der Waals surface area contributed by atoms with Crippen molar-refractivity contribution >= 4 is 28.8 Å². The predicted molar refractivity (Wildman–Crippen MR) is 117 cm³/mol. The third kappa shape index (κ3) is 8.28. The Labute approximate surface area is 179 Å². The first-order valence-corrected chi connectivity index (χ1v) is 9.21. The zero-order valence-electron chi connectivity index (χ0n) is 17.6. The van der Waals surface area contributed by atoms with Gasteiger partial charge in [-0.3, -0.25) is 25.5 Å². The third-order valence-electron chi connectivity index (χ3n) is 3.93. The molecule has 6 N–H and O–H groups in total. The van der Waals surface area contributed by atoms with Crippen LogP contribution in [0.5, 0.6) is 11.5 Å². The Morgan fingerprint density at radius 1 is 1.06 bits per heavy atom. The molecule has 0 aliphatic carbocycles. The molecule has 0 saturated carbocycles. The number of hydrogen-bond acceptors (Lipinski definition) is 9. The summed E-state index contributed by atoms with van der Waals surface area (Å²) in [6, 6.07) is 9.61. The van der Waals surface area contributed by atoms with Crippen LogP contribution in [0.2, 0.25) is 0 Å². The first kappa shape index (κ1) is 25.3. The highest BCUT2D eigenvalue weighted by Crippen LogP contribution is 2.28. The van der Waals surface area contributed by atoms with E-state index in [1.54, 1.807) is 6.07 Å². The molecule has 168 valence electrons. The molecule has 0 heterocycles. The molecular weight excluding hydrogens is 406 g/mol. The van der Waals surface area contributed by atoms with Crippen molar-refractivity contribution in [3.05, 3.63) is 52.1 Å². The maximum absolute atomic E-state index is 11.5. The number of carbonyl (C=O) groups is 2. The number of ether oxygens (including phenoxy) is 2. The van der Waals surface area contributed by atoms with Gasteiger partial charge in [-0.25, -0.2) is 0 Å². The molecule has 2 rings (SSSR count). The number of anilines is 2. The lowest BCUT2D eigenvalue weighted by Gasteiger charge is -2.11. The van der Waals surface area contributed by atoms with Crippen LogP contribution in [0, 0.1) is 10.1 Å². The molecule has 0 radical (unpaired) electrons. The van der Waals surface area contributed by atoms with Crippen molar-refractivity contribution in [2.45, 2.75) is 19.8 Å². The van der Waals surface area contributed by atoms with Crippen LogP contribution in [0.1, 0.15) is 18.9 Å². The molecule has 0 aromatic heterocycles. The van der Waals surface area contributed by atoms with Crippen LogP contribution in [0.25, 0.3) is 0 Å². The lowest BCUT2D eigenvalue weighted by atomic mass is 10.1. The number of benzene rings is 2. The molecule has 0 fully saturated rings. The van der Waals surface area contributed by atoms with E-state index in [2.05, 4.69) is 10.7 Å². The summed E-state index contributed by atoms with van der Waals surface area (Å²) in [5, 5.41) is 13.0. The van der Waals surface area contributed by atoms with Gasteiger partial charge in [0.05, 0.1) is 43.0 Å². The van der Waals surface area contributed by atoms with E-state index in [0.717, 1.165) is 12.0 Å². The first-order chi connectivity index (χ1) is 14.7. The van der Waals surface area contributed by atoms with Crippen molar-refractivity contribution in [3.8, 4) is 11.5 Å². The van der Waals surface area contributed by atoms with Crippen LogP contribution in [0.3, 0.4) is 0 Å². The average Bonchev–Trinajstić information content (AvgIpc) is 2.73. The fourth-order valence-corrected chi connectivity index (χ4v) is 2.51. The largest absolute Gasteiger partial charge is 0.495 e. The zero-order valence-corrected chi connectivity index (χ0v) is 17.6. The molecule has 1 amide bonds. The number of nitrogens with one attached hydrogen (secondary N) is 2. The van der Waals surface area contributed by atoms with Crippen LogP contribution >= 0.6 is 0 Å². The number of nitrogens with zero attached hydrogens (tertiary/aromatic N) is 1. The van der Waals surface area contributed by atoms with Crippen molar-refractivity contribution in [3.63, 3.8) is 0 Å². The molecule has 0 saturated heterocycles. The Hall–Kier alpha value is -3.70. The fourth-order valence-electron chi connectivity index (χ4n) is 2.51. The number of non-ortho nitro benzene ring substituents is 1. The maximum Gasteiger partial charge on any atom is 0.273 e. The van der Waals surface area contributed by atoms with E-state index in [0.29, 0.717) is 29.4 Å².